The van der Waals surface area contributed by atoms with E-state index < -0.39 is 7.14 Å². The van der Waals surface area contributed by atoms with Gasteiger partial charge in [-0.2, -0.15) is 5.10 Å². The van der Waals surface area contributed by atoms with E-state index >= 15 is 0 Å². The Kier molecular flexibility index (Phi) is 7.40. The molecule has 0 atom stereocenters. The number of anilines is 1. The minimum absolute atomic E-state index is 0.238. The maximum absolute atomic E-state index is 14.5. The molecule has 1 aliphatic rings. The number of benzene rings is 2. The van der Waals surface area contributed by atoms with Crippen molar-refractivity contribution in [2.45, 2.75) is 47.1 Å². The summed E-state index contributed by atoms with van der Waals surface area (Å²) in [5.74, 6) is 0.416. The van der Waals surface area contributed by atoms with Gasteiger partial charge in [-0.05, 0) is 74.7 Å². The molecule has 0 radical (unpaired) electrons. The number of rotatable bonds is 7. The Morgan fingerprint density at radius 1 is 1.05 bits per heavy atom. The quantitative estimate of drug-likeness (QED) is 0.327. The van der Waals surface area contributed by atoms with Crippen molar-refractivity contribution in [3.8, 4) is 17.2 Å². The van der Waals surface area contributed by atoms with E-state index in [4.69, 9.17) is 5.10 Å². The van der Waals surface area contributed by atoms with Crippen LogP contribution in [0.3, 0.4) is 0 Å². The number of imidazole rings is 1. The number of aryl methyl sites for hydroxylation is 3. The predicted molar refractivity (Wildman–Crippen MR) is 156 cm³/mol. The van der Waals surface area contributed by atoms with Crippen molar-refractivity contribution in [3.05, 3.63) is 81.4 Å². The van der Waals surface area contributed by atoms with E-state index in [0.717, 1.165) is 41.6 Å². The minimum atomic E-state index is -2.52. The maximum Gasteiger partial charge on any atom is 0.338 e. The largest absolute Gasteiger partial charge is 0.387 e. The van der Waals surface area contributed by atoms with Gasteiger partial charge in [0.15, 0.2) is 0 Å². The Labute approximate surface area is 228 Å². The molecule has 10 heteroatoms. The van der Waals surface area contributed by atoms with Crippen LogP contribution in [0.5, 0.6) is 0 Å². The van der Waals surface area contributed by atoms with Gasteiger partial charge < -0.3 is 15.2 Å². The van der Waals surface area contributed by atoms with Crippen LogP contribution in [0.1, 0.15) is 42.7 Å². The summed E-state index contributed by atoms with van der Waals surface area (Å²) in [5, 5.41) is 12.4. The van der Waals surface area contributed by atoms with Gasteiger partial charge in [0.05, 0.1) is 17.1 Å². The van der Waals surface area contributed by atoms with Crippen molar-refractivity contribution in [3.63, 3.8) is 0 Å². The van der Waals surface area contributed by atoms with Crippen LogP contribution < -0.4 is 21.6 Å². The van der Waals surface area contributed by atoms with Crippen molar-refractivity contribution in [2.75, 3.05) is 31.2 Å². The standard InChI is InChI=1S/C29H36FN6O2P/c1-6-39(38,7-2)26-11-10-21(17-25(26)31-5)34-13-14-35(29(34)37)28-23-18-32-12-8-9-24(23)33-36(28)22-15-19(3)27(30)20(4)16-22/h10-11,13-17,31-32H,6-9,12,18H2,1-5H3. The van der Waals surface area contributed by atoms with Crippen LogP contribution in [0.2, 0.25) is 0 Å². The molecule has 0 saturated carbocycles. The number of fused-ring (bicyclic) bond motifs is 1. The Balaban J connectivity index is 1.68. The van der Waals surface area contributed by atoms with Gasteiger partial charge in [-0.1, -0.05) is 13.8 Å². The maximum atomic E-state index is 14.5. The average Bonchev–Trinajstić information content (AvgIpc) is 3.40. The van der Waals surface area contributed by atoms with Gasteiger partial charge in [0.1, 0.15) is 18.8 Å². The molecule has 0 aliphatic carbocycles. The highest BCUT2D eigenvalue weighted by Gasteiger charge is 2.26. The molecule has 206 valence electrons. The van der Waals surface area contributed by atoms with Gasteiger partial charge in [0.2, 0.25) is 0 Å². The lowest BCUT2D eigenvalue weighted by Crippen LogP contribution is -2.25. The highest BCUT2D eigenvalue weighted by atomic mass is 31.2. The summed E-state index contributed by atoms with van der Waals surface area (Å²) in [6.45, 7) is 8.84. The SMILES string of the molecule is CCP(=O)(CC)c1ccc(-n2ccn(-c3c4c(nn3-c3cc(C)c(F)c(C)c3)CCCNC4)c2=O)cc1NC. The molecule has 4 aromatic rings. The zero-order valence-corrected chi connectivity index (χ0v) is 24.1. The van der Waals surface area contributed by atoms with E-state index in [1.807, 2.05) is 32.0 Å². The molecular formula is C29H36FN6O2P. The molecule has 0 spiro atoms. The minimum Gasteiger partial charge on any atom is -0.387 e. The molecule has 0 amide bonds. The monoisotopic (exact) mass is 550 g/mol. The van der Waals surface area contributed by atoms with Gasteiger partial charge in [-0.25, -0.2) is 13.9 Å². The van der Waals surface area contributed by atoms with Gasteiger partial charge in [0.25, 0.3) is 0 Å². The summed E-state index contributed by atoms with van der Waals surface area (Å²) in [5.41, 5.74) is 4.86. The van der Waals surface area contributed by atoms with Gasteiger partial charge >= 0.3 is 5.69 Å². The molecule has 5 rings (SSSR count). The zero-order valence-electron chi connectivity index (χ0n) is 23.2. The van der Waals surface area contributed by atoms with Crippen LogP contribution in [0.15, 0.2) is 47.5 Å². The molecule has 0 saturated heterocycles. The molecule has 3 heterocycles. The lowest BCUT2D eigenvalue weighted by Gasteiger charge is -2.19. The average molecular weight is 551 g/mol. The highest BCUT2D eigenvalue weighted by Crippen LogP contribution is 2.45. The molecule has 2 aromatic heterocycles. The van der Waals surface area contributed by atoms with E-state index in [2.05, 4.69) is 10.6 Å². The Hall–Kier alpha value is -3.42. The smallest absolute Gasteiger partial charge is 0.338 e. The fourth-order valence-electron chi connectivity index (χ4n) is 5.46. The third kappa shape index (κ3) is 4.68. The second-order valence-electron chi connectivity index (χ2n) is 10.1. The van der Waals surface area contributed by atoms with Gasteiger partial charge in [-0.15, -0.1) is 0 Å². The molecule has 0 fully saturated rings. The summed E-state index contributed by atoms with van der Waals surface area (Å²) >= 11 is 0. The van der Waals surface area contributed by atoms with E-state index in [1.54, 1.807) is 59.2 Å². The Morgan fingerprint density at radius 3 is 2.41 bits per heavy atom. The molecule has 0 bridgehead atoms. The van der Waals surface area contributed by atoms with Gasteiger partial charge in [0, 0.05) is 54.9 Å². The van der Waals surface area contributed by atoms with Crippen molar-refractivity contribution < 1.29 is 8.96 Å². The molecule has 39 heavy (non-hydrogen) atoms. The summed E-state index contributed by atoms with van der Waals surface area (Å²) in [4.78, 5) is 13.9. The first-order valence-corrected chi connectivity index (χ1v) is 15.6. The van der Waals surface area contributed by atoms with E-state index in [1.165, 1.54) is 0 Å². The topological polar surface area (TPSA) is 85.9 Å². The second kappa shape index (κ2) is 10.6. The van der Waals surface area contributed by atoms with Crippen LogP contribution in [0, 0.1) is 19.7 Å². The lowest BCUT2D eigenvalue weighted by molar-refractivity contribution is 0.582. The van der Waals surface area contributed by atoms with Crippen LogP contribution in [-0.2, 0) is 17.5 Å². The summed E-state index contributed by atoms with van der Waals surface area (Å²) < 4.78 is 32.9. The molecule has 2 aromatic carbocycles. The van der Waals surface area contributed by atoms with Crippen LogP contribution in [0.4, 0.5) is 10.1 Å². The van der Waals surface area contributed by atoms with Crippen LogP contribution in [0.25, 0.3) is 17.2 Å². The number of hydrogen-bond acceptors (Lipinski definition) is 5. The Bertz CT molecular complexity index is 1620. The zero-order chi connectivity index (χ0) is 27.9. The summed E-state index contributed by atoms with van der Waals surface area (Å²) in [6.07, 6.45) is 6.39. The van der Waals surface area contributed by atoms with Crippen LogP contribution in [-0.4, -0.2) is 44.8 Å². The lowest BCUT2D eigenvalue weighted by atomic mass is 10.1. The number of nitrogens with zero attached hydrogens (tertiary/aromatic N) is 4. The normalized spacial score (nSPS) is 13.8. The van der Waals surface area contributed by atoms with Crippen molar-refractivity contribution in [1.82, 2.24) is 24.2 Å². The third-order valence-corrected chi connectivity index (χ3v) is 11.1. The first kappa shape index (κ1) is 27.2. The van der Waals surface area contributed by atoms with E-state index in [-0.39, 0.29) is 11.5 Å². The Morgan fingerprint density at radius 2 is 1.74 bits per heavy atom. The summed E-state index contributed by atoms with van der Waals surface area (Å²) in [6, 6.07) is 9.15. The van der Waals surface area contributed by atoms with Crippen molar-refractivity contribution in [2.24, 2.45) is 0 Å². The van der Waals surface area contributed by atoms with Crippen LogP contribution >= 0.6 is 7.14 Å². The third-order valence-electron chi connectivity index (χ3n) is 7.77. The first-order valence-electron chi connectivity index (χ1n) is 13.5. The fraction of sp³-hybridized carbons (Fsp3) is 0.379. The molecule has 8 nitrogen and oxygen atoms in total. The number of hydrogen-bond donors (Lipinski definition) is 2. The molecule has 2 N–H and O–H groups in total. The fourth-order valence-corrected chi connectivity index (χ4v) is 7.55. The molecule has 0 unspecified atom stereocenters. The van der Waals surface area contributed by atoms with E-state index in [9.17, 15) is 13.8 Å². The summed E-state index contributed by atoms with van der Waals surface area (Å²) in [7, 11) is -0.710. The first-order chi connectivity index (χ1) is 18.7. The molecular weight excluding hydrogens is 514 g/mol. The van der Waals surface area contributed by atoms with Crippen molar-refractivity contribution >= 4 is 18.1 Å². The second-order valence-corrected chi connectivity index (χ2v) is 13.7. The highest BCUT2D eigenvalue weighted by molar-refractivity contribution is 7.71. The number of halogens is 1. The van der Waals surface area contributed by atoms with E-state index in [0.29, 0.717) is 47.2 Å². The predicted octanol–water partition coefficient (Wildman–Crippen LogP) is 4.68. The number of aromatic nitrogens is 4. The number of nitrogens with one attached hydrogen (secondary N) is 2. The van der Waals surface area contributed by atoms with Gasteiger partial charge in [-0.3, -0.25) is 9.13 Å². The van der Waals surface area contributed by atoms with Crippen molar-refractivity contribution in [1.29, 1.82) is 0 Å². The molecule has 1 aliphatic heterocycles.